The lowest BCUT2D eigenvalue weighted by Crippen LogP contribution is -2.00. The third kappa shape index (κ3) is 3.94. The average molecular weight is 350 g/mol. The number of benzene rings is 4. The van der Waals surface area contributed by atoms with Gasteiger partial charge < -0.3 is 9.68 Å². The molecule has 0 aliphatic rings. The van der Waals surface area contributed by atoms with Crippen LogP contribution in [0.3, 0.4) is 0 Å². The third-order valence-corrected chi connectivity index (χ3v) is 4.57. The Morgan fingerprint density at radius 1 is 0.481 bits per heavy atom. The quantitative estimate of drug-likeness (QED) is 0.493. The summed E-state index contributed by atoms with van der Waals surface area (Å²) < 4.78 is 5.38. The molecule has 0 unspecified atom stereocenters. The highest BCUT2D eigenvalue weighted by molar-refractivity contribution is 6.17. The first-order valence-corrected chi connectivity index (χ1v) is 8.93. The fourth-order valence-corrected chi connectivity index (χ4v) is 3.21. The molecule has 0 aliphatic carbocycles. The van der Waals surface area contributed by atoms with Crippen molar-refractivity contribution in [3.63, 3.8) is 0 Å². The lowest BCUT2D eigenvalue weighted by Gasteiger charge is -2.11. The van der Waals surface area contributed by atoms with E-state index in [1.807, 2.05) is 48.5 Å². The molecule has 0 amide bonds. The van der Waals surface area contributed by atoms with Crippen molar-refractivity contribution in [2.45, 2.75) is 0 Å². The molecule has 27 heavy (non-hydrogen) atoms. The molecular formula is C24H19BO2. The van der Waals surface area contributed by atoms with Crippen molar-refractivity contribution >= 4 is 7.69 Å². The summed E-state index contributed by atoms with van der Waals surface area (Å²) in [5.74, 6) is 0.654. The first-order valence-electron chi connectivity index (χ1n) is 8.93. The molecule has 0 saturated heterocycles. The molecular weight excluding hydrogens is 331 g/mol. The Labute approximate surface area is 160 Å². The van der Waals surface area contributed by atoms with Crippen LogP contribution in [0.2, 0.25) is 0 Å². The van der Waals surface area contributed by atoms with Gasteiger partial charge in [0.2, 0.25) is 0 Å². The molecule has 0 radical (unpaired) electrons. The van der Waals surface area contributed by atoms with Gasteiger partial charge in [0.05, 0.1) is 0 Å². The van der Waals surface area contributed by atoms with Crippen LogP contribution in [0.5, 0.6) is 5.75 Å². The van der Waals surface area contributed by atoms with Crippen LogP contribution in [0.1, 0.15) is 0 Å². The molecule has 0 aliphatic heterocycles. The van der Waals surface area contributed by atoms with E-state index in [0.717, 1.165) is 22.3 Å². The van der Waals surface area contributed by atoms with Gasteiger partial charge in [-0.2, -0.15) is 0 Å². The van der Waals surface area contributed by atoms with Crippen LogP contribution in [-0.2, 0) is 0 Å². The minimum atomic E-state index is -0.343. The average Bonchev–Trinajstić information content (AvgIpc) is 2.75. The molecule has 2 nitrogen and oxygen atoms in total. The van der Waals surface area contributed by atoms with Crippen molar-refractivity contribution < 1.29 is 9.68 Å². The van der Waals surface area contributed by atoms with Crippen LogP contribution in [0.15, 0.2) is 103 Å². The first-order chi connectivity index (χ1) is 13.3. The summed E-state index contributed by atoms with van der Waals surface area (Å²) in [6.07, 6.45) is 0. The van der Waals surface area contributed by atoms with Crippen LogP contribution < -0.4 is 4.65 Å². The van der Waals surface area contributed by atoms with Crippen LogP contribution >= 0.6 is 0 Å². The fourth-order valence-electron chi connectivity index (χ4n) is 3.21. The lowest BCUT2D eigenvalue weighted by molar-refractivity contribution is 0.454. The summed E-state index contributed by atoms with van der Waals surface area (Å²) >= 11 is 0. The van der Waals surface area contributed by atoms with Gasteiger partial charge in [-0.05, 0) is 51.6 Å². The van der Waals surface area contributed by atoms with Gasteiger partial charge in [-0.3, -0.25) is 0 Å². The van der Waals surface area contributed by atoms with Crippen molar-refractivity contribution in [2.24, 2.45) is 0 Å². The summed E-state index contributed by atoms with van der Waals surface area (Å²) in [4.78, 5) is 0. The monoisotopic (exact) mass is 350 g/mol. The Morgan fingerprint density at radius 2 is 0.889 bits per heavy atom. The minimum Gasteiger partial charge on any atom is -0.539 e. The van der Waals surface area contributed by atoms with Gasteiger partial charge in [-0.25, -0.2) is 0 Å². The van der Waals surface area contributed by atoms with E-state index in [4.69, 9.17) is 4.65 Å². The number of hydrogen-bond donors (Lipinski definition) is 1. The Kier molecular flexibility index (Phi) is 5.04. The second kappa shape index (κ2) is 7.94. The topological polar surface area (TPSA) is 29.5 Å². The Hall–Kier alpha value is -3.30. The molecule has 0 bridgehead atoms. The predicted octanol–water partition coefficient (Wildman–Crippen LogP) is 5.33. The van der Waals surface area contributed by atoms with E-state index in [-0.39, 0.29) is 7.69 Å². The van der Waals surface area contributed by atoms with Crippen LogP contribution in [-0.4, -0.2) is 12.7 Å². The van der Waals surface area contributed by atoms with Crippen molar-refractivity contribution in [3.05, 3.63) is 103 Å². The van der Waals surface area contributed by atoms with Crippen molar-refractivity contribution in [1.29, 1.82) is 0 Å². The van der Waals surface area contributed by atoms with Crippen molar-refractivity contribution in [2.75, 3.05) is 0 Å². The van der Waals surface area contributed by atoms with E-state index >= 15 is 0 Å². The third-order valence-electron chi connectivity index (χ3n) is 4.57. The smallest absolute Gasteiger partial charge is 0.504 e. The highest BCUT2D eigenvalue weighted by atomic mass is 16.5. The maximum atomic E-state index is 9.18. The largest absolute Gasteiger partial charge is 0.539 e. The molecule has 0 aromatic heterocycles. The van der Waals surface area contributed by atoms with Gasteiger partial charge in [0.1, 0.15) is 5.75 Å². The first kappa shape index (κ1) is 17.1. The number of rotatable bonds is 5. The van der Waals surface area contributed by atoms with E-state index in [1.165, 1.54) is 11.1 Å². The van der Waals surface area contributed by atoms with E-state index in [2.05, 4.69) is 54.6 Å². The molecule has 4 rings (SSSR count). The Bertz CT molecular complexity index is 1010. The Morgan fingerprint density at radius 3 is 1.37 bits per heavy atom. The summed E-state index contributed by atoms with van der Waals surface area (Å²) in [5.41, 5.74) is 6.72. The standard InChI is InChI=1S/C24H19BO2/c26-25-27-24-16-22(19-9-5-2-6-10-19)15-23(17-24)21-13-11-20(12-14-21)18-7-3-1-4-8-18/h1-17,25-26H. The Balaban J connectivity index is 1.73. The van der Waals surface area contributed by atoms with E-state index in [0.29, 0.717) is 5.75 Å². The molecule has 1 N–H and O–H groups in total. The molecule has 4 aromatic carbocycles. The predicted molar refractivity (Wildman–Crippen MR) is 113 cm³/mol. The SMILES string of the molecule is OBOc1cc(-c2ccccc2)cc(-c2ccc(-c3ccccc3)cc2)c1. The fraction of sp³-hybridized carbons (Fsp3) is 0. The van der Waals surface area contributed by atoms with Crippen LogP contribution in [0.4, 0.5) is 0 Å². The normalized spacial score (nSPS) is 10.4. The van der Waals surface area contributed by atoms with Crippen LogP contribution in [0, 0.1) is 0 Å². The summed E-state index contributed by atoms with van der Waals surface area (Å²) in [6, 6.07) is 35.1. The molecule has 4 aromatic rings. The minimum absolute atomic E-state index is 0.343. The molecule has 0 heterocycles. The van der Waals surface area contributed by atoms with Crippen molar-refractivity contribution in [3.8, 4) is 39.1 Å². The van der Waals surface area contributed by atoms with Gasteiger partial charge in [0, 0.05) is 0 Å². The lowest BCUT2D eigenvalue weighted by atomic mass is 9.96. The summed E-state index contributed by atoms with van der Waals surface area (Å²) in [5, 5.41) is 9.18. The van der Waals surface area contributed by atoms with Gasteiger partial charge in [-0.15, -0.1) is 0 Å². The molecule has 3 heteroatoms. The van der Waals surface area contributed by atoms with Gasteiger partial charge in [0.25, 0.3) is 0 Å². The molecule has 0 spiro atoms. The molecule has 130 valence electrons. The van der Waals surface area contributed by atoms with Gasteiger partial charge >= 0.3 is 7.69 Å². The zero-order valence-electron chi connectivity index (χ0n) is 14.9. The zero-order valence-corrected chi connectivity index (χ0v) is 14.9. The summed E-state index contributed by atoms with van der Waals surface area (Å²) in [6.45, 7) is 0. The molecule has 0 atom stereocenters. The van der Waals surface area contributed by atoms with E-state index in [9.17, 15) is 5.02 Å². The second-order valence-electron chi connectivity index (χ2n) is 6.33. The maximum Gasteiger partial charge on any atom is 0.504 e. The maximum absolute atomic E-state index is 9.18. The van der Waals surface area contributed by atoms with Gasteiger partial charge in [0.15, 0.2) is 0 Å². The highest BCUT2D eigenvalue weighted by Gasteiger charge is 2.07. The van der Waals surface area contributed by atoms with E-state index < -0.39 is 0 Å². The highest BCUT2D eigenvalue weighted by Crippen LogP contribution is 2.32. The van der Waals surface area contributed by atoms with Gasteiger partial charge in [-0.1, -0.05) is 84.9 Å². The zero-order chi connectivity index (χ0) is 18.5. The van der Waals surface area contributed by atoms with Crippen LogP contribution in [0.25, 0.3) is 33.4 Å². The van der Waals surface area contributed by atoms with E-state index in [1.54, 1.807) is 0 Å². The van der Waals surface area contributed by atoms with Crippen molar-refractivity contribution in [1.82, 2.24) is 0 Å². The second-order valence-corrected chi connectivity index (χ2v) is 6.33. The summed E-state index contributed by atoms with van der Waals surface area (Å²) in [7, 11) is -0.343. The molecule has 0 fully saturated rings. The molecule has 0 saturated carbocycles. The number of hydrogen-bond acceptors (Lipinski definition) is 2.